The van der Waals surface area contributed by atoms with Gasteiger partial charge in [-0.2, -0.15) is 4.98 Å². The molecular formula is C40H42Cl2N4O6. The van der Waals surface area contributed by atoms with E-state index in [1.54, 1.807) is 14.2 Å². The Morgan fingerprint density at radius 3 is 2.52 bits per heavy atom. The third-order valence-electron chi connectivity index (χ3n) is 10.3. The van der Waals surface area contributed by atoms with Crippen LogP contribution < -0.4 is 24.8 Å². The van der Waals surface area contributed by atoms with Crippen molar-refractivity contribution in [2.24, 2.45) is 5.92 Å². The number of hydrogen-bond donors (Lipinski definition) is 3. The molecule has 52 heavy (non-hydrogen) atoms. The number of ether oxygens (including phenoxy) is 3. The molecule has 1 amide bonds. The van der Waals surface area contributed by atoms with Gasteiger partial charge in [0, 0.05) is 60.9 Å². The molecule has 3 aromatic carbocycles. The van der Waals surface area contributed by atoms with E-state index in [0.29, 0.717) is 67.4 Å². The quantitative estimate of drug-likeness (QED) is 0.132. The van der Waals surface area contributed by atoms with Crippen LogP contribution >= 0.6 is 23.2 Å². The first-order chi connectivity index (χ1) is 25.2. The van der Waals surface area contributed by atoms with Crippen LogP contribution in [0.25, 0.3) is 22.3 Å². The predicted molar refractivity (Wildman–Crippen MR) is 200 cm³/mol. The summed E-state index contributed by atoms with van der Waals surface area (Å²) in [6, 6.07) is 20.4. The van der Waals surface area contributed by atoms with Crippen LogP contribution in [0.4, 0.5) is 0 Å². The molecule has 0 saturated carbocycles. The molecular weight excluding hydrogens is 703 g/mol. The van der Waals surface area contributed by atoms with Gasteiger partial charge >= 0.3 is 5.97 Å². The van der Waals surface area contributed by atoms with Crippen LogP contribution in [-0.4, -0.2) is 66.8 Å². The third kappa shape index (κ3) is 7.57. The molecule has 2 saturated heterocycles. The molecule has 7 rings (SSSR count). The standard InChI is InChI=1S/C40H42Cl2N4O6/c1-50-35-18-23(9-10-24(35)19-43-20-27-11-14-36(47)44-27)28-5-3-8-32(37(28)42)29-6-4-7-31-30(29)12-13-34(31)52-39-33(41)17-26(38(45-39)51-2)22-46-16-15-25(21-46)40(48)49/h3-10,17-18,25,27,34,43H,11-16,19-22H2,1-2H3,(H,44,47)(H,48,49)/t25-,27+,34+/m1/s1. The molecule has 2 aliphatic heterocycles. The number of carbonyl (C=O) groups excluding carboxylic acids is 1. The van der Waals surface area contributed by atoms with E-state index in [4.69, 9.17) is 37.4 Å². The fourth-order valence-corrected chi connectivity index (χ4v) is 8.20. The lowest BCUT2D eigenvalue weighted by atomic mass is 9.93. The second-order valence-corrected chi connectivity index (χ2v) is 14.4. The number of carbonyl (C=O) groups is 2. The van der Waals surface area contributed by atoms with Crippen molar-refractivity contribution in [2.45, 2.75) is 57.3 Å². The van der Waals surface area contributed by atoms with E-state index in [9.17, 15) is 14.7 Å². The Hall–Kier alpha value is -4.35. The SMILES string of the molecule is COc1cc(-c2cccc(-c3cccc4c3CC[C@@H]4Oc3nc(OC)c(CN4CC[C@@H](C(=O)O)C4)cc3Cl)c2Cl)ccc1CNC[C@@H]1CCC(=O)N1. The number of aromatic nitrogens is 1. The molecule has 272 valence electrons. The first kappa shape index (κ1) is 36.0. The number of nitrogens with zero attached hydrogens (tertiary/aromatic N) is 2. The zero-order chi connectivity index (χ0) is 36.4. The number of fused-ring (bicyclic) bond motifs is 1. The Morgan fingerprint density at radius 2 is 1.77 bits per heavy atom. The second-order valence-electron chi connectivity index (χ2n) is 13.6. The molecule has 10 nitrogen and oxygen atoms in total. The summed E-state index contributed by atoms with van der Waals surface area (Å²) in [7, 11) is 3.23. The summed E-state index contributed by atoms with van der Waals surface area (Å²) in [5.74, 6) is 0.447. The number of benzene rings is 3. The number of nitrogens with one attached hydrogen (secondary N) is 2. The van der Waals surface area contributed by atoms with E-state index in [1.807, 2.05) is 36.4 Å². The molecule has 0 bridgehead atoms. The Bertz CT molecular complexity index is 1990. The zero-order valence-electron chi connectivity index (χ0n) is 29.2. The van der Waals surface area contributed by atoms with Crippen LogP contribution in [0.1, 0.15) is 54.0 Å². The number of carboxylic acids is 1. The van der Waals surface area contributed by atoms with Crippen molar-refractivity contribution in [3.05, 3.63) is 93.0 Å². The largest absolute Gasteiger partial charge is 0.496 e. The smallest absolute Gasteiger partial charge is 0.307 e. The summed E-state index contributed by atoms with van der Waals surface area (Å²) in [6.07, 6.45) is 3.33. The van der Waals surface area contributed by atoms with Gasteiger partial charge in [0.05, 0.1) is 25.2 Å². The van der Waals surface area contributed by atoms with Gasteiger partial charge in [0.1, 0.15) is 16.9 Å². The maximum atomic E-state index is 11.5. The van der Waals surface area contributed by atoms with E-state index >= 15 is 0 Å². The highest BCUT2D eigenvalue weighted by atomic mass is 35.5. The van der Waals surface area contributed by atoms with Crippen molar-refractivity contribution in [3.63, 3.8) is 0 Å². The molecule has 3 atom stereocenters. The molecule has 3 N–H and O–H groups in total. The van der Waals surface area contributed by atoms with Crippen LogP contribution in [0.5, 0.6) is 17.5 Å². The van der Waals surface area contributed by atoms with Gasteiger partial charge in [0.15, 0.2) is 0 Å². The predicted octanol–water partition coefficient (Wildman–Crippen LogP) is 7.08. The molecule has 12 heteroatoms. The molecule has 3 heterocycles. The number of halogens is 2. The molecule has 0 spiro atoms. The number of likely N-dealkylation sites (tertiary alicyclic amines) is 1. The highest BCUT2D eigenvalue weighted by Gasteiger charge is 2.31. The zero-order valence-corrected chi connectivity index (χ0v) is 30.7. The molecule has 0 radical (unpaired) electrons. The molecule has 3 aliphatic rings. The maximum absolute atomic E-state index is 11.5. The Kier molecular flexibility index (Phi) is 10.9. The van der Waals surface area contributed by atoms with Gasteiger partial charge in [-0.05, 0) is 66.6 Å². The summed E-state index contributed by atoms with van der Waals surface area (Å²) in [4.78, 5) is 29.7. The number of pyridine rings is 1. The van der Waals surface area contributed by atoms with Crippen molar-refractivity contribution >= 4 is 35.1 Å². The van der Waals surface area contributed by atoms with Crippen LogP contribution in [0.2, 0.25) is 10.0 Å². The Labute approximate surface area is 313 Å². The van der Waals surface area contributed by atoms with Crippen LogP contribution in [0.3, 0.4) is 0 Å². The van der Waals surface area contributed by atoms with Crippen molar-refractivity contribution in [3.8, 4) is 39.8 Å². The van der Waals surface area contributed by atoms with Gasteiger partial charge in [-0.1, -0.05) is 71.7 Å². The Balaban J connectivity index is 1.08. The summed E-state index contributed by atoms with van der Waals surface area (Å²) in [5, 5.41) is 16.9. The van der Waals surface area contributed by atoms with Crippen LogP contribution in [0.15, 0.2) is 60.7 Å². The van der Waals surface area contributed by atoms with Crippen LogP contribution in [0, 0.1) is 5.92 Å². The minimum atomic E-state index is -0.770. The van der Waals surface area contributed by atoms with E-state index in [0.717, 1.165) is 64.0 Å². The van der Waals surface area contributed by atoms with Gasteiger partial charge in [0.2, 0.25) is 17.7 Å². The highest BCUT2D eigenvalue weighted by molar-refractivity contribution is 6.36. The lowest BCUT2D eigenvalue weighted by Gasteiger charge is -2.20. The van der Waals surface area contributed by atoms with Gasteiger partial charge in [-0.3, -0.25) is 14.5 Å². The molecule has 0 unspecified atom stereocenters. The first-order valence-corrected chi connectivity index (χ1v) is 18.4. The van der Waals surface area contributed by atoms with E-state index in [-0.39, 0.29) is 24.0 Å². The second kappa shape index (κ2) is 15.7. The third-order valence-corrected chi connectivity index (χ3v) is 11.0. The molecule has 1 aliphatic carbocycles. The highest BCUT2D eigenvalue weighted by Crippen LogP contribution is 2.45. The molecule has 2 fully saturated rings. The number of rotatable bonds is 13. The average Bonchev–Trinajstić information content (AvgIpc) is 3.90. The van der Waals surface area contributed by atoms with Crippen molar-refractivity contribution in [2.75, 3.05) is 33.9 Å². The van der Waals surface area contributed by atoms with Gasteiger partial charge in [0.25, 0.3) is 0 Å². The summed E-state index contributed by atoms with van der Waals surface area (Å²) < 4.78 is 17.9. The van der Waals surface area contributed by atoms with E-state index < -0.39 is 5.97 Å². The van der Waals surface area contributed by atoms with Crippen molar-refractivity contribution < 1.29 is 28.9 Å². The van der Waals surface area contributed by atoms with Gasteiger partial charge in [-0.15, -0.1) is 0 Å². The topological polar surface area (TPSA) is 122 Å². The number of carboxylic acid groups (broad SMARTS) is 1. The molecule has 4 aromatic rings. The van der Waals surface area contributed by atoms with Gasteiger partial charge in [-0.25, -0.2) is 0 Å². The lowest BCUT2D eigenvalue weighted by molar-refractivity contribution is -0.141. The van der Waals surface area contributed by atoms with Gasteiger partial charge < -0.3 is 30.0 Å². The number of hydrogen-bond acceptors (Lipinski definition) is 8. The van der Waals surface area contributed by atoms with Crippen LogP contribution in [-0.2, 0) is 29.1 Å². The minimum absolute atomic E-state index is 0.111. The summed E-state index contributed by atoms with van der Waals surface area (Å²) in [6.45, 7) is 2.98. The normalized spacial score (nSPS) is 19.8. The van der Waals surface area contributed by atoms with E-state index in [1.165, 1.54) is 5.56 Å². The number of methoxy groups -OCH3 is 2. The average molecular weight is 746 g/mol. The maximum Gasteiger partial charge on any atom is 0.307 e. The summed E-state index contributed by atoms with van der Waals surface area (Å²) in [5.41, 5.74) is 7.90. The van der Waals surface area contributed by atoms with E-state index in [2.05, 4.69) is 44.8 Å². The van der Waals surface area contributed by atoms with Crippen molar-refractivity contribution in [1.82, 2.24) is 20.5 Å². The number of amides is 1. The Morgan fingerprint density at radius 1 is 0.962 bits per heavy atom. The number of aliphatic carboxylic acids is 1. The fraction of sp³-hybridized carbons (Fsp3) is 0.375. The first-order valence-electron chi connectivity index (χ1n) is 17.7. The monoisotopic (exact) mass is 744 g/mol. The van der Waals surface area contributed by atoms with Crippen molar-refractivity contribution in [1.29, 1.82) is 0 Å². The molecule has 1 aromatic heterocycles. The fourth-order valence-electron chi connectivity index (χ4n) is 7.64. The summed E-state index contributed by atoms with van der Waals surface area (Å²) >= 11 is 14.0. The lowest BCUT2D eigenvalue weighted by Crippen LogP contribution is -2.35. The minimum Gasteiger partial charge on any atom is -0.496 e.